The third-order valence-electron chi connectivity index (χ3n) is 2.11. The van der Waals surface area contributed by atoms with Crippen LogP contribution in [0.2, 0.25) is 0 Å². The van der Waals surface area contributed by atoms with E-state index in [0.717, 1.165) is 19.4 Å². The molecule has 0 spiro atoms. The fourth-order valence-electron chi connectivity index (χ4n) is 1.27. The van der Waals surface area contributed by atoms with Gasteiger partial charge in [0.05, 0.1) is 0 Å². The Hall–Kier alpha value is -0.650. The van der Waals surface area contributed by atoms with Gasteiger partial charge in [-0.15, -0.1) is 0 Å². The van der Waals surface area contributed by atoms with Crippen LogP contribution in [0, 0.1) is 0 Å². The first-order chi connectivity index (χ1) is 7.24. The fourth-order valence-corrected chi connectivity index (χ4v) is 1.27. The second kappa shape index (κ2) is 9.89. The van der Waals surface area contributed by atoms with Crippen molar-refractivity contribution in [1.82, 2.24) is 10.6 Å². The second-order valence-corrected chi connectivity index (χ2v) is 3.48. The summed E-state index contributed by atoms with van der Waals surface area (Å²) in [5, 5.41) is 14.5. The van der Waals surface area contributed by atoms with Crippen LogP contribution in [0.1, 0.15) is 26.2 Å². The fraction of sp³-hybridized carbons (Fsp3) is 0.900. The zero-order chi connectivity index (χ0) is 11.5. The van der Waals surface area contributed by atoms with E-state index >= 15 is 0 Å². The number of carbonyl (C=O) groups is 1. The molecule has 0 saturated heterocycles. The van der Waals surface area contributed by atoms with Crippen LogP contribution >= 0.6 is 0 Å². The van der Waals surface area contributed by atoms with Crippen molar-refractivity contribution in [3.05, 3.63) is 0 Å². The molecule has 5 N–H and O–H groups in total. The van der Waals surface area contributed by atoms with Crippen molar-refractivity contribution in [2.24, 2.45) is 5.73 Å². The molecule has 0 radical (unpaired) electrons. The summed E-state index contributed by atoms with van der Waals surface area (Å²) in [5.74, 6) is 0.0302. The second-order valence-electron chi connectivity index (χ2n) is 3.48. The van der Waals surface area contributed by atoms with E-state index < -0.39 is 0 Å². The smallest absolute Gasteiger partial charge is 0.221 e. The molecule has 0 aromatic carbocycles. The number of nitrogens with one attached hydrogen (secondary N) is 2. The number of unbranched alkanes of at least 4 members (excludes halogenated alkanes) is 1. The average Bonchev–Trinajstić information content (AvgIpc) is 2.23. The van der Waals surface area contributed by atoms with Gasteiger partial charge in [0.1, 0.15) is 0 Å². The minimum Gasteiger partial charge on any atom is -0.396 e. The zero-order valence-corrected chi connectivity index (χ0v) is 9.46. The van der Waals surface area contributed by atoms with Crippen LogP contribution in [0.4, 0.5) is 0 Å². The quantitative estimate of drug-likeness (QED) is 0.381. The van der Waals surface area contributed by atoms with Gasteiger partial charge in [0.25, 0.3) is 0 Å². The molecule has 0 fully saturated rings. The Morgan fingerprint density at radius 1 is 1.47 bits per heavy atom. The zero-order valence-electron chi connectivity index (χ0n) is 9.46. The van der Waals surface area contributed by atoms with E-state index in [1.165, 1.54) is 0 Å². The van der Waals surface area contributed by atoms with Crippen LogP contribution in [0.15, 0.2) is 0 Å². The monoisotopic (exact) mass is 217 g/mol. The van der Waals surface area contributed by atoms with Crippen LogP contribution in [-0.2, 0) is 4.79 Å². The van der Waals surface area contributed by atoms with E-state index in [1.807, 2.05) is 6.92 Å². The number of rotatable bonds is 9. The van der Waals surface area contributed by atoms with Gasteiger partial charge in [-0.25, -0.2) is 0 Å². The molecule has 1 amide bonds. The van der Waals surface area contributed by atoms with E-state index in [2.05, 4.69) is 10.6 Å². The lowest BCUT2D eigenvalue weighted by atomic mass is 10.2. The molecule has 5 nitrogen and oxygen atoms in total. The highest BCUT2D eigenvalue weighted by Gasteiger charge is 2.10. The predicted octanol–water partition coefficient (Wildman–Crippen LogP) is -0.798. The van der Waals surface area contributed by atoms with Gasteiger partial charge in [-0.3, -0.25) is 4.79 Å². The van der Waals surface area contributed by atoms with E-state index in [4.69, 9.17) is 10.8 Å². The van der Waals surface area contributed by atoms with Crippen molar-refractivity contribution in [1.29, 1.82) is 0 Å². The molecule has 0 rings (SSSR count). The van der Waals surface area contributed by atoms with Gasteiger partial charge in [-0.2, -0.15) is 0 Å². The van der Waals surface area contributed by atoms with E-state index in [9.17, 15) is 4.79 Å². The average molecular weight is 217 g/mol. The standard InChI is InChI=1S/C10H23N3O2/c1-2-12-10(15)7-9(8-11)13-5-3-4-6-14/h9,13-14H,2-8,11H2,1H3,(H,12,15). The first-order valence-corrected chi connectivity index (χ1v) is 5.55. The molecule has 90 valence electrons. The Kier molecular flexibility index (Phi) is 9.46. The summed E-state index contributed by atoms with van der Waals surface area (Å²) >= 11 is 0. The first-order valence-electron chi connectivity index (χ1n) is 5.55. The molecule has 0 bridgehead atoms. The SMILES string of the molecule is CCNC(=O)CC(CN)NCCCCO. The number of aliphatic hydroxyl groups is 1. The van der Waals surface area contributed by atoms with Crippen LogP contribution in [0.3, 0.4) is 0 Å². The third-order valence-corrected chi connectivity index (χ3v) is 2.11. The number of hydrogen-bond acceptors (Lipinski definition) is 4. The molecular weight excluding hydrogens is 194 g/mol. The number of aliphatic hydroxyl groups excluding tert-OH is 1. The van der Waals surface area contributed by atoms with Gasteiger partial charge in [-0.1, -0.05) is 0 Å². The minimum atomic E-state index is 0.0302. The summed E-state index contributed by atoms with van der Waals surface area (Å²) < 4.78 is 0. The molecule has 0 saturated carbocycles. The number of hydrogen-bond donors (Lipinski definition) is 4. The van der Waals surface area contributed by atoms with Gasteiger partial charge in [0, 0.05) is 32.2 Å². The highest BCUT2D eigenvalue weighted by atomic mass is 16.2. The minimum absolute atomic E-state index is 0.0302. The van der Waals surface area contributed by atoms with E-state index in [-0.39, 0.29) is 18.6 Å². The van der Waals surface area contributed by atoms with Gasteiger partial charge >= 0.3 is 0 Å². The van der Waals surface area contributed by atoms with Crippen LogP contribution in [-0.4, -0.2) is 43.3 Å². The van der Waals surface area contributed by atoms with Gasteiger partial charge in [-0.05, 0) is 26.3 Å². The normalized spacial score (nSPS) is 12.5. The lowest BCUT2D eigenvalue weighted by molar-refractivity contribution is -0.121. The molecule has 15 heavy (non-hydrogen) atoms. The highest BCUT2D eigenvalue weighted by molar-refractivity contribution is 5.76. The van der Waals surface area contributed by atoms with E-state index in [1.54, 1.807) is 0 Å². The molecule has 5 heteroatoms. The molecule has 0 heterocycles. The van der Waals surface area contributed by atoms with Gasteiger partial charge in [0.15, 0.2) is 0 Å². The Morgan fingerprint density at radius 2 is 2.20 bits per heavy atom. The van der Waals surface area contributed by atoms with Crippen molar-refractivity contribution in [2.75, 3.05) is 26.2 Å². The number of carbonyl (C=O) groups excluding carboxylic acids is 1. The number of amides is 1. The Labute approximate surface area is 91.4 Å². The summed E-state index contributed by atoms with van der Waals surface area (Å²) in [7, 11) is 0. The Morgan fingerprint density at radius 3 is 2.73 bits per heavy atom. The summed E-state index contributed by atoms with van der Waals surface area (Å²) in [6.45, 7) is 4.01. The van der Waals surface area contributed by atoms with Crippen LogP contribution in [0.25, 0.3) is 0 Å². The van der Waals surface area contributed by atoms with Gasteiger partial charge in [0.2, 0.25) is 5.91 Å². The Bertz CT molecular complexity index is 165. The van der Waals surface area contributed by atoms with Crippen molar-refractivity contribution in [3.63, 3.8) is 0 Å². The molecular formula is C10H23N3O2. The maximum Gasteiger partial charge on any atom is 0.221 e. The topological polar surface area (TPSA) is 87.4 Å². The maximum atomic E-state index is 11.3. The molecule has 1 unspecified atom stereocenters. The first kappa shape index (κ1) is 14.3. The third kappa shape index (κ3) is 8.35. The molecule has 0 aliphatic rings. The van der Waals surface area contributed by atoms with Crippen molar-refractivity contribution < 1.29 is 9.90 Å². The van der Waals surface area contributed by atoms with Crippen molar-refractivity contribution in [2.45, 2.75) is 32.2 Å². The largest absolute Gasteiger partial charge is 0.396 e. The summed E-state index contributed by atoms with van der Waals surface area (Å²) in [6.07, 6.45) is 2.11. The molecule has 0 aliphatic heterocycles. The number of nitrogens with two attached hydrogens (primary N) is 1. The predicted molar refractivity (Wildman–Crippen MR) is 60.5 cm³/mol. The van der Waals surface area contributed by atoms with E-state index in [0.29, 0.717) is 19.5 Å². The van der Waals surface area contributed by atoms with Gasteiger partial charge < -0.3 is 21.5 Å². The van der Waals surface area contributed by atoms with Crippen LogP contribution < -0.4 is 16.4 Å². The molecule has 1 atom stereocenters. The Balaban J connectivity index is 3.58. The summed E-state index contributed by atoms with van der Waals surface area (Å²) in [4.78, 5) is 11.3. The maximum absolute atomic E-state index is 11.3. The molecule has 0 aromatic rings. The van der Waals surface area contributed by atoms with Crippen LogP contribution in [0.5, 0.6) is 0 Å². The summed E-state index contributed by atoms with van der Waals surface area (Å²) in [5.41, 5.74) is 5.54. The molecule has 0 aromatic heterocycles. The lowest BCUT2D eigenvalue weighted by Gasteiger charge is -2.15. The molecule has 0 aliphatic carbocycles. The van der Waals surface area contributed by atoms with Crippen molar-refractivity contribution >= 4 is 5.91 Å². The summed E-state index contributed by atoms with van der Waals surface area (Å²) in [6, 6.07) is 0.0373. The van der Waals surface area contributed by atoms with Crippen molar-refractivity contribution in [3.8, 4) is 0 Å². The highest BCUT2D eigenvalue weighted by Crippen LogP contribution is 1.92. The lowest BCUT2D eigenvalue weighted by Crippen LogP contribution is -2.41.